The zero-order valence-electron chi connectivity index (χ0n) is 14.0. The van der Waals surface area contributed by atoms with Gasteiger partial charge in [0.2, 0.25) is 11.5 Å². The maximum atomic E-state index is 12.4. The molecular weight excluding hydrogens is 366 g/mol. The number of aromatic hydroxyl groups is 2. The molecule has 3 aromatic carbocycles. The van der Waals surface area contributed by atoms with Gasteiger partial charge in [0.25, 0.3) is 15.9 Å². The number of furan rings is 1. The van der Waals surface area contributed by atoms with E-state index in [2.05, 4.69) is 4.72 Å². The molecule has 1 heterocycles. The van der Waals surface area contributed by atoms with Crippen LogP contribution in [0.1, 0.15) is 0 Å². The van der Waals surface area contributed by atoms with Crippen LogP contribution in [-0.4, -0.2) is 18.6 Å². The van der Waals surface area contributed by atoms with Gasteiger partial charge in [-0.3, -0.25) is 0 Å². The smallest absolute Gasteiger partial charge is 0.264 e. The lowest BCUT2D eigenvalue weighted by Gasteiger charge is -2.05. The number of rotatable bonds is 4. The Hall–Kier alpha value is -3.45. The molecule has 0 saturated carbocycles. The topological polar surface area (TPSA) is 99.8 Å². The molecule has 0 radical (unpaired) electrons. The van der Waals surface area contributed by atoms with Gasteiger partial charge in [0.1, 0.15) is 0 Å². The zero-order valence-corrected chi connectivity index (χ0v) is 14.8. The average molecular weight is 381 g/mol. The van der Waals surface area contributed by atoms with E-state index in [4.69, 9.17) is 4.42 Å². The third-order valence-electron chi connectivity index (χ3n) is 4.15. The van der Waals surface area contributed by atoms with Gasteiger partial charge in [-0.05, 0) is 29.0 Å². The lowest BCUT2D eigenvalue weighted by molar-refractivity contribution is 0.410. The summed E-state index contributed by atoms with van der Waals surface area (Å²) in [5.74, 6) is -1.67. The summed E-state index contributed by atoms with van der Waals surface area (Å²) < 4.78 is 32.5. The molecule has 4 rings (SSSR count). The minimum absolute atomic E-state index is 0.00699. The van der Waals surface area contributed by atoms with Gasteiger partial charge in [0.15, 0.2) is 5.76 Å². The third kappa shape index (κ3) is 3.09. The molecule has 0 spiro atoms. The van der Waals surface area contributed by atoms with Crippen molar-refractivity contribution in [1.82, 2.24) is 0 Å². The molecule has 0 aliphatic carbocycles. The lowest BCUT2D eigenvalue weighted by Crippen LogP contribution is -2.12. The molecule has 0 aliphatic rings. The molecule has 136 valence electrons. The first-order valence-corrected chi connectivity index (χ1v) is 9.56. The first-order chi connectivity index (χ1) is 13.0. The molecule has 7 heteroatoms. The molecule has 0 unspecified atom stereocenters. The predicted octanol–water partition coefficient (Wildman–Crippen LogP) is 4.31. The largest absolute Gasteiger partial charge is 0.502 e. The second kappa shape index (κ2) is 6.37. The molecule has 0 fully saturated rings. The Balaban J connectivity index is 1.75. The number of hydrogen-bond acceptors (Lipinski definition) is 5. The second-order valence-corrected chi connectivity index (χ2v) is 7.62. The van der Waals surface area contributed by atoms with Crippen molar-refractivity contribution in [3.63, 3.8) is 0 Å². The Kier molecular flexibility index (Phi) is 4.01. The van der Waals surface area contributed by atoms with Gasteiger partial charge >= 0.3 is 0 Å². The van der Waals surface area contributed by atoms with E-state index in [9.17, 15) is 18.6 Å². The predicted molar refractivity (Wildman–Crippen MR) is 102 cm³/mol. The normalized spacial score (nSPS) is 11.6. The van der Waals surface area contributed by atoms with Gasteiger partial charge in [-0.2, -0.15) is 0 Å². The SMILES string of the molecule is O=S(=O)(Nc1oc(-c2ccc3ccccc3c2)c(O)c1O)c1ccccc1. The maximum Gasteiger partial charge on any atom is 0.264 e. The van der Waals surface area contributed by atoms with E-state index in [0.29, 0.717) is 5.56 Å². The van der Waals surface area contributed by atoms with Crippen LogP contribution in [-0.2, 0) is 10.0 Å². The van der Waals surface area contributed by atoms with Gasteiger partial charge in [-0.25, -0.2) is 13.1 Å². The molecule has 1 aromatic heterocycles. The van der Waals surface area contributed by atoms with Gasteiger partial charge in [-0.15, -0.1) is 0 Å². The summed E-state index contributed by atoms with van der Waals surface area (Å²) in [6, 6.07) is 20.6. The van der Waals surface area contributed by atoms with E-state index in [1.54, 1.807) is 30.3 Å². The summed E-state index contributed by atoms with van der Waals surface area (Å²) in [5, 5.41) is 22.3. The van der Waals surface area contributed by atoms with Crippen molar-refractivity contribution >= 4 is 26.7 Å². The van der Waals surface area contributed by atoms with Gasteiger partial charge in [0.05, 0.1) is 4.90 Å². The van der Waals surface area contributed by atoms with Crippen LogP contribution < -0.4 is 4.72 Å². The van der Waals surface area contributed by atoms with Crippen LogP contribution in [0, 0.1) is 0 Å². The van der Waals surface area contributed by atoms with Crippen molar-refractivity contribution in [2.24, 2.45) is 0 Å². The number of fused-ring (bicyclic) bond motifs is 1. The van der Waals surface area contributed by atoms with Crippen molar-refractivity contribution < 1.29 is 23.0 Å². The van der Waals surface area contributed by atoms with Crippen LogP contribution in [0.15, 0.2) is 82.1 Å². The maximum absolute atomic E-state index is 12.4. The van der Waals surface area contributed by atoms with Crippen molar-refractivity contribution in [3.8, 4) is 22.8 Å². The zero-order chi connectivity index (χ0) is 19.0. The van der Waals surface area contributed by atoms with Crippen molar-refractivity contribution in [3.05, 3.63) is 72.8 Å². The van der Waals surface area contributed by atoms with E-state index in [-0.39, 0.29) is 10.7 Å². The number of hydrogen-bond donors (Lipinski definition) is 3. The van der Waals surface area contributed by atoms with Gasteiger partial charge in [-0.1, -0.05) is 54.6 Å². The first kappa shape index (κ1) is 17.0. The Bertz CT molecular complexity index is 1230. The standard InChI is InChI=1S/C20H15NO5S/c22-17-18(23)20(21-27(24,25)16-8-2-1-3-9-16)26-19(17)15-11-10-13-6-4-5-7-14(13)12-15/h1-12,21-23H. The molecule has 3 N–H and O–H groups in total. The number of nitrogens with one attached hydrogen (secondary N) is 1. The minimum atomic E-state index is -3.97. The molecule has 0 amide bonds. The third-order valence-corrected chi connectivity index (χ3v) is 5.50. The average Bonchev–Trinajstić information content (AvgIpc) is 2.96. The van der Waals surface area contributed by atoms with E-state index in [1.165, 1.54) is 12.1 Å². The van der Waals surface area contributed by atoms with Crippen LogP contribution in [0.25, 0.3) is 22.1 Å². The molecular formula is C20H15NO5S. The van der Waals surface area contributed by atoms with E-state index >= 15 is 0 Å². The summed E-state index contributed by atoms with van der Waals surface area (Å²) >= 11 is 0. The fourth-order valence-corrected chi connectivity index (χ4v) is 3.81. The van der Waals surface area contributed by atoms with Crippen LogP contribution in [0.2, 0.25) is 0 Å². The van der Waals surface area contributed by atoms with E-state index < -0.39 is 27.4 Å². The number of benzene rings is 3. The highest BCUT2D eigenvalue weighted by Gasteiger charge is 2.25. The Labute approximate surface area is 155 Å². The molecule has 0 atom stereocenters. The van der Waals surface area contributed by atoms with Crippen LogP contribution >= 0.6 is 0 Å². The highest BCUT2D eigenvalue weighted by molar-refractivity contribution is 7.92. The number of sulfonamides is 1. The van der Waals surface area contributed by atoms with Crippen molar-refractivity contribution in [1.29, 1.82) is 0 Å². The second-order valence-electron chi connectivity index (χ2n) is 5.94. The Morgan fingerprint density at radius 1 is 0.778 bits per heavy atom. The van der Waals surface area contributed by atoms with E-state index in [0.717, 1.165) is 10.8 Å². The van der Waals surface area contributed by atoms with E-state index in [1.807, 2.05) is 30.3 Å². The summed E-state index contributed by atoms with van der Waals surface area (Å²) in [6.45, 7) is 0. The summed E-state index contributed by atoms with van der Waals surface area (Å²) in [4.78, 5) is 0.00699. The summed E-state index contributed by atoms with van der Waals surface area (Å²) in [6.07, 6.45) is 0. The molecule has 6 nitrogen and oxygen atoms in total. The van der Waals surface area contributed by atoms with Gasteiger partial charge in [0, 0.05) is 5.56 Å². The number of anilines is 1. The summed E-state index contributed by atoms with van der Waals surface area (Å²) in [5.41, 5.74) is 0.506. The Morgan fingerprint density at radius 3 is 2.19 bits per heavy atom. The van der Waals surface area contributed by atoms with Gasteiger partial charge < -0.3 is 14.6 Å². The fraction of sp³-hybridized carbons (Fsp3) is 0. The van der Waals surface area contributed by atoms with Crippen molar-refractivity contribution in [2.75, 3.05) is 4.72 Å². The molecule has 27 heavy (non-hydrogen) atoms. The molecule has 4 aromatic rings. The lowest BCUT2D eigenvalue weighted by atomic mass is 10.1. The molecule has 0 bridgehead atoms. The molecule has 0 saturated heterocycles. The van der Waals surface area contributed by atoms with Crippen LogP contribution in [0.5, 0.6) is 11.5 Å². The Morgan fingerprint density at radius 2 is 1.44 bits per heavy atom. The fourth-order valence-electron chi connectivity index (χ4n) is 2.79. The monoisotopic (exact) mass is 381 g/mol. The first-order valence-electron chi connectivity index (χ1n) is 8.07. The molecule has 0 aliphatic heterocycles. The highest BCUT2D eigenvalue weighted by Crippen LogP contribution is 2.46. The quantitative estimate of drug-likeness (QED) is 0.489. The summed E-state index contributed by atoms with van der Waals surface area (Å²) in [7, 11) is -3.97. The van der Waals surface area contributed by atoms with Crippen molar-refractivity contribution in [2.45, 2.75) is 4.90 Å². The van der Waals surface area contributed by atoms with Crippen LogP contribution in [0.3, 0.4) is 0 Å². The van der Waals surface area contributed by atoms with Crippen LogP contribution in [0.4, 0.5) is 5.88 Å². The minimum Gasteiger partial charge on any atom is -0.502 e. The highest BCUT2D eigenvalue weighted by atomic mass is 32.2.